The highest BCUT2D eigenvalue weighted by molar-refractivity contribution is 7.25. The molecule has 0 aliphatic carbocycles. The Hall–Kier alpha value is -4.40. The summed E-state index contributed by atoms with van der Waals surface area (Å²) in [5.41, 5.74) is 14.8. The van der Waals surface area contributed by atoms with E-state index in [0.29, 0.717) is 0 Å². The summed E-state index contributed by atoms with van der Waals surface area (Å²) in [6, 6.07) is 42.8. The lowest BCUT2D eigenvalue weighted by Gasteiger charge is -2.24. The van der Waals surface area contributed by atoms with Gasteiger partial charge in [0.1, 0.15) is 39.2 Å². The first-order valence-corrected chi connectivity index (χ1v) is 16.3. The minimum atomic E-state index is 1.25. The van der Waals surface area contributed by atoms with Crippen molar-refractivity contribution >= 4 is 120 Å². The van der Waals surface area contributed by atoms with Crippen LogP contribution in [0.15, 0.2) is 115 Å². The van der Waals surface area contributed by atoms with Crippen LogP contribution in [-0.4, -0.2) is 39.2 Å². The van der Waals surface area contributed by atoms with Crippen molar-refractivity contribution in [1.29, 1.82) is 0 Å². The zero-order chi connectivity index (χ0) is 30.1. The first-order chi connectivity index (χ1) is 21.4. The lowest BCUT2D eigenvalue weighted by molar-refractivity contribution is 1.65. The predicted molar refractivity (Wildman–Crippen MR) is 212 cm³/mol. The van der Waals surface area contributed by atoms with E-state index in [-0.39, 0.29) is 0 Å². The number of thiophene rings is 1. The van der Waals surface area contributed by atoms with Crippen LogP contribution in [0.2, 0.25) is 0 Å². The number of fused-ring (bicyclic) bond motifs is 5. The number of hydrogen-bond donors (Lipinski definition) is 0. The van der Waals surface area contributed by atoms with Crippen molar-refractivity contribution in [3.63, 3.8) is 0 Å². The maximum absolute atomic E-state index is 2.41. The average Bonchev–Trinajstić information content (AvgIpc) is 3.45. The van der Waals surface area contributed by atoms with Crippen molar-refractivity contribution in [1.82, 2.24) is 0 Å². The Morgan fingerprint density at radius 1 is 0.364 bits per heavy atom. The molecule has 8 rings (SSSR count). The lowest BCUT2D eigenvalue weighted by atomic mass is 9.59. The Kier molecular flexibility index (Phi) is 6.40. The molecule has 1 heterocycles. The Morgan fingerprint density at radius 3 is 1.48 bits per heavy atom. The highest BCUT2D eigenvalue weighted by Crippen LogP contribution is 2.45. The van der Waals surface area contributed by atoms with E-state index in [1.54, 1.807) is 0 Å². The van der Waals surface area contributed by atoms with E-state index < -0.39 is 0 Å². The van der Waals surface area contributed by atoms with E-state index in [4.69, 9.17) is 0 Å². The normalized spacial score (nSPS) is 11.6. The third-order valence-electron chi connectivity index (χ3n) is 10.0. The largest absolute Gasteiger partial charge is 0.139 e. The number of rotatable bonds is 3. The second-order valence-electron chi connectivity index (χ2n) is 12.2. The molecule has 0 aliphatic heterocycles. The SMILES string of the molecule is Bc1c(B)c(B)c(-c2c3ccccc3c(-c3cccc(-c4cccc5sc6ccccc6c45)c3)c3ccccc23)c(B)c1B. The fourth-order valence-electron chi connectivity index (χ4n) is 7.44. The van der Waals surface area contributed by atoms with E-state index in [9.17, 15) is 0 Å². The van der Waals surface area contributed by atoms with Gasteiger partial charge >= 0.3 is 0 Å². The van der Waals surface area contributed by atoms with Crippen LogP contribution in [-0.2, 0) is 0 Å². The van der Waals surface area contributed by atoms with Gasteiger partial charge in [-0.1, -0.05) is 108 Å². The molecule has 44 heavy (non-hydrogen) atoms. The van der Waals surface area contributed by atoms with E-state index >= 15 is 0 Å². The summed E-state index contributed by atoms with van der Waals surface area (Å²) in [6.07, 6.45) is 0. The summed E-state index contributed by atoms with van der Waals surface area (Å²) in [5, 5.41) is 7.91. The van der Waals surface area contributed by atoms with Gasteiger partial charge in [0, 0.05) is 20.2 Å². The molecule has 0 fully saturated rings. The minimum Gasteiger partial charge on any atom is -0.135 e. The van der Waals surface area contributed by atoms with Crippen LogP contribution in [0.5, 0.6) is 0 Å². The summed E-state index contributed by atoms with van der Waals surface area (Å²) in [5.74, 6) is 0. The highest BCUT2D eigenvalue weighted by atomic mass is 32.1. The fourth-order valence-corrected chi connectivity index (χ4v) is 8.57. The lowest BCUT2D eigenvalue weighted by Crippen LogP contribution is -2.55. The van der Waals surface area contributed by atoms with Crippen LogP contribution in [0.3, 0.4) is 0 Å². The summed E-state index contributed by atoms with van der Waals surface area (Å²) in [7, 11) is 11.4. The molecule has 202 valence electrons. The topological polar surface area (TPSA) is 0 Å². The van der Waals surface area contributed by atoms with Crippen LogP contribution in [0, 0.1) is 0 Å². The molecule has 0 spiro atoms. The molecule has 8 aromatic rings. The van der Waals surface area contributed by atoms with Gasteiger partial charge in [0.2, 0.25) is 0 Å². The van der Waals surface area contributed by atoms with Gasteiger partial charge in [0.05, 0.1) is 0 Å². The van der Waals surface area contributed by atoms with E-state index in [2.05, 4.69) is 154 Å². The van der Waals surface area contributed by atoms with Crippen LogP contribution < -0.4 is 27.3 Å². The van der Waals surface area contributed by atoms with Crippen LogP contribution in [0.1, 0.15) is 0 Å². The smallest absolute Gasteiger partial charge is 0.135 e. The highest BCUT2D eigenvalue weighted by Gasteiger charge is 2.21. The summed E-state index contributed by atoms with van der Waals surface area (Å²) in [6.45, 7) is 0. The Morgan fingerprint density at radius 2 is 0.841 bits per heavy atom. The molecule has 0 aliphatic rings. The van der Waals surface area contributed by atoms with Gasteiger partial charge in [-0.2, -0.15) is 0 Å². The van der Waals surface area contributed by atoms with E-state index in [1.165, 1.54) is 102 Å². The molecule has 0 nitrogen and oxygen atoms in total. The molecule has 6 heteroatoms. The number of benzene rings is 7. The molecular weight excluding hydrogens is 543 g/mol. The number of hydrogen-bond acceptors (Lipinski definition) is 1. The Balaban J connectivity index is 1.45. The molecule has 1 aromatic heterocycles. The molecule has 0 atom stereocenters. The van der Waals surface area contributed by atoms with Crippen molar-refractivity contribution in [3.05, 3.63) is 115 Å². The van der Waals surface area contributed by atoms with Gasteiger partial charge in [-0.15, -0.1) is 27.7 Å². The zero-order valence-corrected chi connectivity index (χ0v) is 26.7. The fraction of sp³-hybridized carbons (Fsp3) is 0. The maximum Gasteiger partial charge on any atom is 0.139 e. The minimum absolute atomic E-state index is 1.25. The molecule has 0 radical (unpaired) electrons. The van der Waals surface area contributed by atoms with Gasteiger partial charge in [-0.25, -0.2) is 0 Å². The van der Waals surface area contributed by atoms with E-state index in [1.807, 2.05) is 11.3 Å². The van der Waals surface area contributed by atoms with Gasteiger partial charge < -0.3 is 0 Å². The average molecular weight is 572 g/mol. The third-order valence-corrected chi connectivity index (χ3v) is 11.2. The van der Waals surface area contributed by atoms with Gasteiger partial charge in [0.25, 0.3) is 0 Å². The van der Waals surface area contributed by atoms with Crippen molar-refractivity contribution in [2.45, 2.75) is 0 Å². The quantitative estimate of drug-likeness (QED) is 0.226. The summed E-state index contributed by atoms with van der Waals surface area (Å²) in [4.78, 5) is 0. The molecule has 0 saturated heterocycles. The van der Waals surface area contributed by atoms with E-state index in [0.717, 1.165) is 0 Å². The van der Waals surface area contributed by atoms with Gasteiger partial charge in [-0.05, 0) is 73.1 Å². The van der Waals surface area contributed by atoms with Gasteiger partial charge in [-0.3, -0.25) is 0 Å². The molecule has 7 aromatic carbocycles. The second-order valence-corrected chi connectivity index (χ2v) is 13.3. The van der Waals surface area contributed by atoms with Crippen molar-refractivity contribution in [2.75, 3.05) is 0 Å². The summed E-state index contributed by atoms with van der Waals surface area (Å²) < 4.78 is 2.68. The standard InChI is InChI=1S/C38H29B5S/c39-34-33(35(40)37(42)38(43)36(34)41)32-25-13-3-1-11-23(25)30(24-12-2-4-14-26(24)32)21-10-7-9-20(19-21)22-16-8-18-29-31(22)27-15-5-6-17-28(27)44-29/h1-19H,39-43H2. The maximum atomic E-state index is 2.41. The molecule has 0 N–H and O–H groups in total. The van der Waals surface area contributed by atoms with Crippen LogP contribution >= 0.6 is 11.3 Å². The van der Waals surface area contributed by atoms with Crippen LogP contribution in [0.4, 0.5) is 0 Å². The van der Waals surface area contributed by atoms with Crippen molar-refractivity contribution in [2.24, 2.45) is 0 Å². The first-order valence-electron chi connectivity index (χ1n) is 15.5. The first kappa shape index (κ1) is 27.2. The molecule has 0 amide bonds. The Labute approximate surface area is 267 Å². The second kappa shape index (κ2) is 10.4. The zero-order valence-electron chi connectivity index (χ0n) is 25.9. The monoisotopic (exact) mass is 572 g/mol. The summed E-state index contributed by atoms with van der Waals surface area (Å²) >= 11 is 1.88. The predicted octanol–water partition coefficient (Wildman–Crippen LogP) is 2.65. The third kappa shape index (κ3) is 3.97. The van der Waals surface area contributed by atoms with Crippen molar-refractivity contribution in [3.8, 4) is 33.4 Å². The molecule has 0 unspecified atom stereocenters. The Bertz CT molecular complexity index is 2370. The van der Waals surface area contributed by atoms with Gasteiger partial charge in [0.15, 0.2) is 0 Å². The van der Waals surface area contributed by atoms with Crippen molar-refractivity contribution < 1.29 is 0 Å². The molecular formula is C38H29B5S. The molecule has 0 bridgehead atoms. The van der Waals surface area contributed by atoms with Crippen LogP contribution in [0.25, 0.3) is 75.1 Å². The molecule has 0 saturated carbocycles.